The summed E-state index contributed by atoms with van der Waals surface area (Å²) in [6.45, 7) is 2.29. The van der Waals surface area contributed by atoms with E-state index >= 15 is 0 Å². The smallest absolute Gasteiger partial charge is 0.321 e. The molecule has 0 aliphatic rings. The van der Waals surface area contributed by atoms with Gasteiger partial charge in [0.2, 0.25) is 0 Å². The lowest BCUT2D eigenvalue weighted by atomic mass is 10.2. The van der Waals surface area contributed by atoms with Crippen LogP contribution in [-0.2, 0) is 6.54 Å². The van der Waals surface area contributed by atoms with Gasteiger partial charge in [-0.3, -0.25) is 0 Å². The number of nitrogens with zero attached hydrogens (tertiary/aromatic N) is 1. The monoisotopic (exact) mass is 306 g/mol. The summed E-state index contributed by atoms with van der Waals surface area (Å²) in [5.74, 6) is -0.292. The van der Waals surface area contributed by atoms with Crippen LogP contribution in [0.3, 0.4) is 0 Å². The number of anilines is 1. The molecule has 0 bridgehead atoms. The molecule has 2 aromatic rings. The SMILES string of the molecule is Cc1ccc(NC(=O)N(C)Cc2ccc(F)cc2)cc1Cl. The van der Waals surface area contributed by atoms with E-state index in [1.165, 1.54) is 17.0 Å². The molecule has 0 aliphatic heterocycles. The van der Waals surface area contributed by atoms with Crippen molar-refractivity contribution in [3.8, 4) is 0 Å². The van der Waals surface area contributed by atoms with Crippen LogP contribution in [0.4, 0.5) is 14.9 Å². The fraction of sp³-hybridized carbons (Fsp3) is 0.188. The van der Waals surface area contributed by atoms with Gasteiger partial charge in [-0.15, -0.1) is 0 Å². The maximum Gasteiger partial charge on any atom is 0.321 e. The van der Waals surface area contributed by atoms with Crippen molar-refractivity contribution < 1.29 is 9.18 Å². The Labute approximate surface area is 128 Å². The highest BCUT2D eigenvalue weighted by atomic mass is 35.5. The van der Waals surface area contributed by atoms with Crippen LogP contribution in [0, 0.1) is 12.7 Å². The molecule has 5 heteroatoms. The Morgan fingerprint density at radius 1 is 1.24 bits per heavy atom. The largest absolute Gasteiger partial charge is 0.323 e. The van der Waals surface area contributed by atoms with Gasteiger partial charge in [0.25, 0.3) is 0 Å². The topological polar surface area (TPSA) is 32.3 Å². The number of hydrogen-bond acceptors (Lipinski definition) is 1. The molecular formula is C16H16ClFN2O. The molecule has 1 N–H and O–H groups in total. The first-order valence-electron chi connectivity index (χ1n) is 6.48. The Balaban J connectivity index is 1.98. The maximum atomic E-state index is 12.8. The number of halogens is 2. The molecule has 0 fully saturated rings. The zero-order chi connectivity index (χ0) is 15.4. The van der Waals surface area contributed by atoms with Crippen LogP contribution < -0.4 is 5.32 Å². The summed E-state index contributed by atoms with van der Waals surface area (Å²) in [5.41, 5.74) is 2.45. The maximum absolute atomic E-state index is 12.8. The van der Waals surface area contributed by atoms with Crippen LogP contribution in [-0.4, -0.2) is 18.0 Å². The number of hydrogen-bond donors (Lipinski definition) is 1. The third-order valence-corrected chi connectivity index (χ3v) is 3.51. The molecule has 2 amide bonds. The van der Waals surface area contributed by atoms with E-state index in [-0.39, 0.29) is 11.8 Å². The van der Waals surface area contributed by atoms with E-state index in [2.05, 4.69) is 5.32 Å². The van der Waals surface area contributed by atoms with E-state index in [0.29, 0.717) is 17.3 Å². The molecule has 0 aliphatic carbocycles. The van der Waals surface area contributed by atoms with E-state index in [0.717, 1.165) is 11.1 Å². The lowest BCUT2D eigenvalue weighted by Gasteiger charge is -2.18. The Morgan fingerprint density at radius 3 is 2.52 bits per heavy atom. The van der Waals surface area contributed by atoms with Gasteiger partial charge in [0.15, 0.2) is 0 Å². The van der Waals surface area contributed by atoms with Crippen molar-refractivity contribution in [2.24, 2.45) is 0 Å². The molecule has 0 saturated carbocycles. The van der Waals surface area contributed by atoms with Gasteiger partial charge in [-0.1, -0.05) is 29.8 Å². The molecule has 110 valence electrons. The number of rotatable bonds is 3. The molecule has 0 atom stereocenters. The van der Waals surface area contributed by atoms with Crippen LogP contribution in [0.2, 0.25) is 5.02 Å². The zero-order valence-electron chi connectivity index (χ0n) is 11.9. The molecule has 0 heterocycles. The van der Waals surface area contributed by atoms with Gasteiger partial charge in [-0.05, 0) is 42.3 Å². The van der Waals surface area contributed by atoms with Crippen LogP contribution in [0.25, 0.3) is 0 Å². The molecular weight excluding hydrogens is 291 g/mol. The van der Waals surface area contributed by atoms with Crippen molar-refractivity contribution in [1.82, 2.24) is 4.90 Å². The molecule has 2 rings (SSSR count). The highest BCUT2D eigenvalue weighted by Gasteiger charge is 2.10. The van der Waals surface area contributed by atoms with Crippen LogP contribution in [0.1, 0.15) is 11.1 Å². The van der Waals surface area contributed by atoms with Crippen LogP contribution in [0.15, 0.2) is 42.5 Å². The number of nitrogens with one attached hydrogen (secondary N) is 1. The van der Waals surface area contributed by atoms with Crippen molar-refractivity contribution in [2.45, 2.75) is 13.5 Å². The van der Waals surface area contributed by atoms with Crippen molar-refractivity contribution in [1.29, 1.82) is 0 Å². The van der Waals surface area contributed by atoms with Crippen molar-refractivity contribution in [3.05, 3.63) is 64.4 Å². The van der Waals surface area contributed by atoms with E-state index in [9.17, 15) is 9.18 Å². The number of urea groups is 1. The summed E-state index contributed by atoms with van der Waals surface area (Å²) in [7, 11) is 1.68. The number of carbonyl (C=O) groups excluding carboxylic acids is 1. The molecule has 0 spiro atoms. The predicted molar refractivity (Wildman–Crippen MR) is 83.1 cm³/mol. The molecule has 3 nitrogen and oxygen atoms in total. The molecule has 0 saturated heterocycles. The van der Waals surface area contributed by atoms with Crippen molar-refractivity contribution in [2.75, 3.05) is 12.4 Å². The van der Waals surface area contributed by atoms with Gasteiger partial charge in [-0.2, -0.15) is 0 Å². The standard InChI is InChI=1S/C16H16ClFN2O/c1-11-3-8-14(9-15(11)17)19-16(21)20(2)10-12-4-6-13(18)7-5-12/h3-9H,10H2,1-2H3,(H,19,21). The first kappa shape index (κ1) is 15.3. The Hall–Kier alpha value is -2.07. The summed E-state index contributed by atoms with van der Waals surface area (Å²) < 4.78 is 12.8. The zero-order valence-corrected chi connectivity index (χ0v) is 12.6. The van der Waals surface area contributed by atoms with E-state index in [1.807, 2.05) is 13.0 Å². The second kappa shape index (κ2) is 6.59. The fourth-order valence-electron chi connectivity index (χ4n) is 1.82. The third kappa shape index (κ3) is 4.20. The minimum absolute atomic E-state index is 0.251. The normalized spacial score (nSPS) is 10.3. The van der Waals surface area contributed by atoms with Gasteiger partial charge in [0.05, 0.1) is 0 Å². The number of aryl methyl sites for hydroxylation is 1. The molecule has 0 aromatic heterocycles. The Morgan fingerprint density at radius 2 is 1.90 bits per heavy atom. The second-order valence-corrected chi connectivity index (χ2v) is 5.28. The van der Waals surface area contributed by atoms with Gasteiger partial charge in [-0.25, -0.2) is 9.18 Å². The molecule has 0 unspecified atom stereocenters. The molecule has 21 heavy (non-hydrogen) atoms. The summed E-state index contributed by atoms with van der Waals surface area (Å²) in [6, 6.07) is 11.2. The predicted octanol–water partition coefficient (Wildman–Crippen LogP) is 4.45. The van der Waals surface area contributed by atoms with Crippen molar-refractivity contribution in [3.63, 3.8) is 0 Å². The van der Waals surface area contributed by atoms with E-state index in [1.54, 1.807) is 31.3 Å². The van der Waals surface area contributed by atoms with Crippen LogP contribution >= 0.6 is 11.6 Å². The van der Waals surface area contributed by atoms with E-state index < -0.39 is 0 Å². The van der Waals surface area contributed by atoms with Crippen LogP contribution in [0.5, 0.6) is 0 Å². The Kier molecular flexibility index (Phi) is 4.81. The minimum atomic E-state index is -0.292. The van der Waals surface area contributed by atoms with Gasteiger partial charge < -0.3 is 10.2 Å². The highest BCUT2D eigenvalue weighted by Crippen LogP contribution is 2.20. The highest BCUT2D eigenvalue weighted by molar-refractivity contribution is 6.31. The lowest BCUT2D eigenvalue weighted by molar-refractivity contribution is 0.220. The average molecular weight is 307 g/mol. The average Bonchev–Trinajstić information content (AvgIpc) is 2.45. The first-order valence-corrected chi connectivity index (χ1v) is 6.86. The second-order valence-electron chi connectivity index (χ2n) is 4.88. The summed E-state index contributed by atoms with van der Waals surface area (Å²) in [6.07, 6.45) is 0. The third-order valence-electron chi connectivity index (χ3n) is 3.10. The lowest BCUT2D eigenvalue weighted by Crippen LogP contribution is -2.30. The number of benzene rings is 2. The molecule has 2 aromatic carbocycles. The van der Waals surface area contributed by atoms with Gasteiger partial charge in [0, 0.05) is 24.3 Å². The summed E-state index contributed by atoms with van der Waals surface area (Å²) in [4.78, 5) is 13.6. The first-order chi connectivity index (χ1) is 9.95. The summed E-state index contributed by atoms with van der Waals surface area (Å²) >= 11 is 6.02. The van der Waals surface area contributed by atoms with E-state index in [4.69, 9.17) is 11.6 Å². The van der Waals surface area contributed by atoms with Gasteiger partial charge in [0.1, 0.15) is 5.82 Å². The van der Waals surface area contributed by atoms with Crippen molar-refractivity contribution >= 4 is 23.3 Å². The number of carbonyl (C=O) groups is 1. The number of amides is 2. The Bertz CT molecular complexity index is 643. The summed E-state index contributed by atoms with van der Waals surface area (Å²) in [5, 5.41) is 3.38. The minimum Gasteiger partial charge on any atom is -0.323 e. The quantitative estimate of drug-likeness (QED) is 0.892. The molecule has 0 radical (unpaired) electrons. The van der Waals surface area contributed by atoms with Gasteiger partial charge >= 0.3 is 6.03 Å². The fourth-order valence-corrected chi connectivity index (χ4v) is 2.01.